The summed E-state index contributed by atoms with van der Waals surface area (Å²) < 4.78 is 17.0. The minimum atomic E-state index is -0.895. The molecule has 0 N–H and O–H groups in total. The van der Waals surface area contributed by atoms with Gasteiger partial charge >= 0.3 is 11.4 Å². The van der Waals surface area contributed by atoms with Gasteiger partial charge in [-0.25, -0.2) is 0 Å². The first-order valence-corrected chi connectivity index (χ1v) is 15.6. The number of nitro benzene ring substituents is 2. The molecule has 1 heterocycles. The number of rotatable bonds is 17. The van der Waals surface area contributed by atoms with Crippen molar-refractivity contribution in [3.05, 3.63) is 97.2 Å². The maximum absolute atomic E-state index is 13.0. The number of carbonyl (C=O) groups is 1. The molecule has 0 radical (unpaired) electrons. The third-order valence-electron chi connectivity index (χ3n) is 7.43. The predicted molar refractivity (Wildman–Crippen MR) is 174 cm³/mol. The summed E-state index contributed by atoms with van der Waals surface area (Å²) in [5, 5.41) is 40.6. The van der Waals surface area contributed by atoms with E-state index < -0.39 is 32.7 Å². The largest absolute Gasteiger partial charge is 0.569 e. The fourth-order valence-corrected chi connectivity index (χ4v) is 4.88. The number of unbranched alkanes of at least 4 members (excludes halogenated alkanes) is 3. The first-order chi connectivity index (χ1) is 23.2. The minimum Gasteiger partial charge on any atom is -0.569 e. The van der Waals surface area contributed by atoms with Crippen molar-refractivity contribution in [1.82, 2.24) is 5.01 Å². The quantitative estimate of drug-likeness (QED) is 0.0261. The van der Waals surface area contributed by atoms with Crippen molar-refractivity contribution in [1.29, 1.82) is 0 Å². The van der Waals surface area contributed by atoms with E-state index >= 15 is 0 Å². The minimum absolute atomic E-state index is 0.0370. The third kappa shape index (κ3) is 9.64. The molecule has 0 amide bonds. The van der Waals surface area contributed by atoms with E-state index in [4.69, 9.17) is 19.0 Å². The zero-order chi connectivity index (χ0) is 34.5. The van der Waals surface area contributed by atoms with Crippen LogP contribution < -0.4 is 19.0 Å². The highest BCUT2D eigenvalue weighted by Gasteiger charge is 2.29. The van der Waals surface area contributed by atoms with Crippen molar-refractivity contribution in [2.75, 3.05) is 26.8 Å². The monoisotopic (exact) mass is 663 g/mol. The van der Waals surface area contributed by atoms with Crippen LogP contribution >= 0.6 is 0 Å². The number of carbonyl (C=O) groups excluding carboxylic acids is 1. The third-order valence-corrected chi connectivity index (χ3v) is 7.43. The number of benzene rings is 3. The number of ether oxygens (including phenoxy) is 3. The van der Waals surface area contributed by atoms with E-state index in [1.165, 1.54) is 42.5 Å². The molecular formula is C33H37N5O10. The normalized spacial score (nSPS) is 13.3. The van der Waals surface area contributed by atoms with Crippen LogP contribution in [0.1, 0.15) is 67.8 Å². The number of hydrogen-bond acceptors (Lipinski definition) is 11. The molecule has 0 bridgehead atoms. The Labute approximate surface area is 276 Å². The van der Waals surface area contributed by atoms with Gasteiger partial charge in [-0.2, -0.15) is 0 Å². The molecule has 0 aromatic heterocycles. The van der Waals surface area contributed by atoms with Crippen molar-refractivity contribution in [2.45, 2.75) is 51.9 Å². The highest BCUT2D eigenvalue weighted by atomic mass is 16.7. The number of allylic oxidation sites excluding steroid dienone is 1. The van der Waals surface area contributed by atoms with Crippen molar-refractivity contribution in [3.63, 3.8) is 0 Å². The van der Waals surface area contributed by atoms with Crippen LogP contribution in [-0.2, 0) is 0 Å². The summed E-state index contributed by atoms with van der Waals surface area (Å²) in [7, 11) is 1.54. The van der Waals surface area contributed by atoms with E-state index in [0.717, 1.165) is 51.0 Å². The van der Waals surface area contributed by atoms with Crippen LogP contribution in [0.15, 0.2) is 66.0 Å². The average molecular weight is 664 g/mol. The molecule has 0 saturated carbocycles. The Bertz CT molecular complexity index is 1670. The van der Waals surface area contributed by atoms with Gasteiger partial charge in [-0.15, -0.1) is 5.01 Å². The van der Waals surface area contributed by atoms with E-state index in [0.29, 0.717) is 42.8 Å². The van der Waals surface area contributed by atoms with Crippen LogP contribution in [0.25, 0.3) is 6.08 Å². The van der Waals surface area contributed by atoms with Gasteiger partial charge in [-0.05, 0) is 61.6 Å². The van der Waals surface area contributed by atoms with Gasteiger partial charge in [-0.1, -0.05) is 50.5 Å². The summed E-state index contributed by atoms with van der Waals surface area (Å²) in [5.74, 6) is -0.175. The number of ketones is 1. The predicted octanol–water partition coefficient (Wildman–Crippen LogP) is 7.82. The summed E-state index contributed by atoms with van der Waals surface area (Å²) in [4.78, 5) is 40.1. The molecular weight excluding hydrogens is 626 g/mol. The highest BCUT2D eigenvalue weighted by molar-refractivity contribution is 6.07. The summed E-state index contributed by atoms with van der Waals surface area (Å²) in [6.45, 7) is 3.59. The number of nitrogens with zero attached hydrogens (tertiary/aromatic N) is 5. The summed E-state index contributed by atoms with van der Waals surface area (Å²) in [5.41, 5.74) is -0.616. The molecule has 0 spiro atoms. The highest BCUT2D eigenvalue weighted by Crippen LogP contribution is 2.41. The van der Waals surface area contributed by atoms with E-state index in [1.807, 2.05) is 0 Å². The topological polar surface area (TPSA) is 182 Å². The number of hydrazine groups is 1. The molecule has 0 unspecified atom stereocenters. The number of methoxy groups -OCH3 is 1. The van der Waals surface area contributed by atoms with Gasteiger partial charge in [0.1, 0.15) is 11.8 Å². The first-order valence-electron chi connectivity index (χ1n) is 15.6. The molecule has 15 nitrogen and oxygen atoms in total. The molecule has 0 aliphatic carbocycles. The van der Waals surface area contributed by atoms with Crippen molar-refractivity contribution >= 4 is 23.2 Å². The molecule has 0 atom stereocenters. The van der Waals surface area contributed by atoms with E-state index in [9.17, 15) is 30.2 Å². The van der Waals surface area contributed by atoms with E-state index in [2.05, 4.69) is 12.2 Å². The molecule has 4 rings (SSSR count). The Hall–Kier alpha value is -5.73. The lowest BCUT2D eigenvalue weighted by atomic mass is 10.1. The summed E-state index contributed by atoms with van der Waals surface area (Å²) in [6.07, 6.45) is 9.80. The van der Waals surface area contributed by atoms with Gasteiger partial charge in [-0.3, -0.25) is 29.9 Å². The second-order valence-corrected chi connectivity index (χ2v) is 10.9. The molecule has 1 fully saturated rings. The maximum atomic E-state index is 13.0. The second kappa shape index (κ2) is 17.3. The fourth-order valence-electron chi connectivity index (χ4n) is 4.88. The molecule has 1 aliphatic rings. The molecule has 3 aromatic rings. The Morgan fingerprint density at radius 1 is 0.875 bits per heavy atom. The van der Waals surface area contributed by atoms with Gasteiger partial charge in [0.25, 0.3) is 0 Å². The van der Waals surface area contributed by atoms with Crippen LogP contribution in [-0.4, -0.2) is 52.4 Å². The lowest BCUT2D eigenvalue weighted by Crippen LogP contribution is -2.35. The van der Waals surface area contributed by atoms with Gasteiger partial charge in [0, 0.05) is 11.6 Å². The van der Waals surface area contributed by atoms with E-state index in [-0.39, 0.29) is 22.1 Å². The second-order valence-electron chi connectivity index (χ2n) is 10.9. The number of nitro groups is 2. The molecule has 3 aromatic carbocycles. The summed E-state index contributed by atoms with van der Waals surface area (Å²) in [6, 6.07) is 12.8. The molecule has 254 valence electrons. The van der Waals surface area contributed by atoms with Gasteiger partial charge in [0.05, 0.1) is 41.6 Å². The standard InChI is InChI=1S/C33H37N5O10/c1-3-4-5-9-19-46-30-16-14-24(20-33(30)45-2)13-15-29(39)25-11-10-12-26(21-25)47-31-23-32(28(37(42)43)22-27(31)36(40)41)48-34-38(44)35-17-7-6-8-18-35/h10-16,20-23H,3-9,17-19H2,1-2H3/b15-13+,38-34-. The smallest absolute Gasteiger partial charge is 0.321 e. The number of piperidine rings is 1. The van der Waals surface area contributed by atoms with Crippen LogP contribution in [0, 0.1) is 25.4 Å². The van der Waals surface area contributed by atoms with Crippen molar-refractivity contribution < 1.29 is 38.7 Å². The maximum Gasteiger partial charge on any atom is 0.321 e. The molecule has 48 heavy (non-hydrogen) atoms. The van der Waals surface area contributed by atoms with Gasteiger partial charge in [0.2, 0.25) is 16.8 Å². The lowest BCUT2D eigenvalue weighted by Gasteiger charge is -2.21. The molecule has 1 saturated heterocycles. The van der Waals surface area contributed by atoms with Crippen LogP contribution in [0.2, 0.25) is 0 Å². The first kappa shape index (κ1) is 35.1. The average Bonchev–Trinajstić information content (AvgIpc) is 3.09. The van der Waals surface area contributed by atoms with E-state index in [1.54, 1.807) is 24.3 Å². The van der Waals surface area contributed by atoms with Gasteiger partial charge in [0.15, 0.2) is 17.3 Å². The zero-order valence-corrected chi connectivity index (χ0v) is 26.7. The van der Waals surface area contributed by atoms with Crippen LogP contribution in [0.4, 0.5) is 11.4 Å². The zero-order valence-electron chi connectivity index (χ0n) is 26.7. The fraction of sp³-hybridized carbons (Fsp3) is 0.364. The lowest BCUT2D eigenvalue weighted by molar-refractivity contribution is -0.708. The Balaban J connectivity index is 1.51. The van der Waals surface area contributed by atoms with Crippen molar-refractivity contribution in [3.8, 4) is 28.7 Å². The Morgan fingerprint density at radius 2 is 1.62 bits per heavy atom. The summed E-state index contributed by atoms with van der Waals surface area (Å²) >= 11 is 0. The van der Waals surface area contributed by atoms with Gasteiger partial charge < -0.3 is 19.4 Å². The SMILES string of the molecule is CCCCCCOc1ccc(/C=C/C(=O)c2cccc(Oc3cc(O/N=[N+](\[O-])N4CCCCC4)c([N+](=O)[O-])cc3[N+](=O)[O-])c2)cc1OC. The Kier molecular flexibility index (Phi) is 12.6. The van der Waals surface area contributed by atoms with Crippen molar-refractivity contribution in [2.24, 2.45) is 5.28 Å². The number of hydrogen-bond donors (Lipinski definition) is 0. The molecule has 15 heteroatoms. The van der Waals surface area contributed by atoms with Crippen LogP contribution in [0.3, 0.4) is 0 Å². The molecule has 1 aliphatic heterocycles. The van der Waals surface area contributed by atoms with Crippen LogP contribution in [0.5, 0.6) is 28.7 Å². The Morgan fingerprint density at radius 3 is 2.33 bits per heavy atom.